The third-order valence-electron chi connectivity index (χ3n) is 3.03. The number of aromatic nitrogens is 2. The summed E-state index contributed by atoms with van der Waals surface area (Å²) in [4.78, 5) is 13.1. The summed E-state index contributed by atoms with van der Waals surface area (Å²) in [5.41, 5.74) is 7.41. The molecule has 1 aromatic heterocycles. The van der Waals surface area contributed by atoms with E-state index in [1.165, 1.54) is 0 Å². The van der Waals surface area contributed by atoms with Crippen LogP contribution in [0.4, 0.5) is 5.82 Å². The normalized spacial score (nSPS) is 11.1. The van der Waals surface area contributed by atoms with E-state index in [0.717, 1.165) is 30.2 Å². The molecule has 108 valence electrons. The van der Waals surface area contributed by atoms with Crippen molar-refractivity contribution in [1.29, 1.82) is 0 Å². The zero-order chi connectivity index (χ0) is 14.6. The second-order valence-electron chi connectivity index (χ2n) is 5.03. The number of likely N-dealkylation sites (N-methyl/N-ethyl adjacent to an activating group) is 1. The van der Waals surface area contributed by atoms with Crippen LogP contribution in [0.2, 0.25) is 0 Å². The van der Waals surface area contributed by atoms with Crippen molar-refractivity contribution in [3.05, 3.63) is 11.3 Å². The standard InChI is InChI=1S/C13H25N5O/c1-6-18(8-12(14)19)13-11(7-15-9(2)3)10(4)16-17(13)5/h9,15H,6-8H2,1-5H3,(H2,14,19). The minimum absolute atomic E-state index is 0.212. The first-order valence-corrected chi connectivity index (χ1v) is 6.65. The molecule has 0 unspecified atom stereocenters. The molecular weight excluding hydrogens is 242 g/mol. The number of hydrogen-bond donors (Lipinski definition) is 2. The van der Waals surface area contributed by atoms with E-state index < -0.39 is 0 Å². The lowest BCUT2D eigenvalue weighted by Gasteiger charge is -2.23. The van der Waals surface area contributed by atoms with Gasteiger partial charge in [-0.2, -0.15) is 5.10 Å². The maximum Gasteiger partial charge on any atom is 0.236 e. The smallest absolute Gasteiger partial charge is 0.236 e. The third kappa shape index (κ3) is 3.96. The van der Waals surface area contributed by atoms with Crippen molar-refractivity contribution < 1.29 is 4.79 Å². The number of nitrogens with zero attached hydrogens (tertiary/aromatic N) is 3. The van der Waals surface area contributed by atoms with E-state index in [2.05, 4.69) is 24.3 Å². The first-order valence-electron chi connectivity index (χ1n) is 6.65. The van der Waals surface area contributed by atoms with Gasteiger partial charge in [-0.1, -0.05) is 13.8 Å². The van der Waals surface area contributed by atoms with Crippen molar-refractivity contribution >= 4 is 11.7 Å². The fourth-order valence-electron chi connectivity index (χ4n) is 2.12. The van der Waals surface area contributed by atoms with E-state index in [9.17, 15) is 4.79 Å². The van der Waals surface area contributed by atoms with Gasteiger partial charge in [0.2, 0.25) is 5.91 Å². The highest BCUT2D eigenvalue weighted by Crippen LogP contribution is 2.23. The van der Waals surface area contributed by atoms with Gasteiger partial charge in [0.05, 0.1) is 12.2 Å². The SMILES string of the molecule is CCN(CC(N)=O)c1c(CNC(C)C)c(C)nn1C. The number of nitrogens with two attached hydrogens (primary N) is 1. The molecule has 6 heteroatoms. The Morgan fingerprint density at radius 2 is 2.16 bits per heavy atom. The van der Waals surface area contributed by atoms with Crippen molar-refractivity contribution in [1.82, 2.24) is 15.1 Å². The van der Waals surface area contributed by atoms with Gasteiger partial charge in [0.25, 0.3) is 0 Å². The van der Waals surface area contributed by atoms with E-state index in [0.29, 0.717) is 6.04 Å². The summed E-state index contributed by atoms with van der Waals surface area (Å²) in [7, 11) is 1.89. The van der Waals surface area contributed by atoms with E-state index in [1.54, 1.807) is 0 Å². The summed E-state index contributed by atoms with van der Waals surface area (Å²) in [5, 5.41) is 7.84. The van der Waals surface area contributed by atoms with Gasteiger partial charge in [-0.25, -0.2) is 0 Å². The van der Waals surface area contributed by atoms with Gasteiger partial charge in [-0.3, -0.25) is 9.48 Å². The molecular formula is C13H25N5O. The van der Waals surface area contributed by atoms with E-state index in [1.807, 2.05) is 30.5 Å². The number of aryl methyl sites for hydroxylation is 2. The zero-order valence-corrected chi connectivity index (χ0v) is 12.5. The zero-order valence-electron chi connectivity index (χ0n) is 12.5. The van der Waals surface area contributed by atoms with Crippen LogP contribution in [0.3, 0.4) is 0 Å². The first-order chi connectivity index (χ1) is 8.86. The van der Waals surface area contributed by atoms with Crippen LogP contribution in [0.25, 0.3) is 0 Å². The lowest BCUT2D eigenvalue weighted by molar-refractivity contribution is -0.116. The molecule has 3 N–H and O–H groups in total. The molecule has 1 rings (SSSR count). The van der Waals surface area contributed by atoms with Crippen LogP contribution in [0.15, 0.2) is 0 Å². The molecule has 1 heterocycles. The number of primary amides is 1. The number of carbonyl (C=O) groups excluding carboxylic acids is 1. The number of amides is 1. The molecule has 0 radical (unpaired) electrons. The average molecular weight is 267 g/mol. The van der Waals surface area contributed by atoms with E-state index >= 15 is 0 Å². The summed E-state index contributed by atoms with van der Waals surface area (Å²) in [6.45, 7) is 9.87. The molecule has 0 saturated carbocycles. The predicted molar refractivity (Wildman–Crippen MR) is 77.0 cm³/mol. The largest absolute Gasteiger partial charge is 0.368 e. The molecule has 19 heavy (non-hydrogen) atoms. The van der Waals surface area contributed by atoms with Gasteiger partial charge >= 0.3 is 0 Å². The molecule has 0 aliphatic heterocycles. The first kappa shape index (κ1) is 15.5. The molecule has 0 aliphatic carbocycles. The summed E-state index contributed by atoms with van der Waals surface area (Å²) in [6.07, 6.45) is 0. The summed E-state index contributed by atoms with van der Waals surface area (Å²) in [5.74, 6) is 0.635. The average Bonchev–Trinajstić information content (AvgIpc) is 2.58. The Labute approximate surface area is 114 Å². The highest BCUT2D eigenvalue weighted by Gasteiger charge is 2.19. The van der Waals surface area contributed by atoms with Crippen LogP contribution >= 0.6 is 0 Å². The van der Waals surface area contributed by atoms with E-state index in [4.69, 9.17) is 5.73 Å². The number of hydrogen-bond acceptors (Lipinski definition) is 4. The Morgan fingerprint density at radius 3 is 2.63 bits per heavy atom. The number of anilines is 1. The van der Waals surface area contributed by atoms with Crippen molar-refractivity contribution in [3.63, 3.8) is 0 Å². The molecule has 0 bridgehead atoms. The molecule has 6 nitrogen and oxygen atoms in total. The second kappa shape index (κ2) is 6.56. The predicted octanol–water partition coefficient (Wildman–Crippen LogP) is 0.538. The van der Waals surface area contributed by atoms with Gasteiger partial charge in [0.15, 0.2) is 0 Å². The second-order valence-corrected chi connectivity index (χ2v) is 5.03. The quantitative estimate of drug-likeness (QED) is 0.756. The minimum Gasteiger partial charge on any atom is -0.368 e. The Balaban J connectivity index is 3.05. The lowest BCUT2D eigenvalue weighted by Crippen LogP contribution is -2.36. The monoisotopic (exact) mass is 267 g/mol. The number of rotatable bonds is 7. The van der Waals surface area contributed by atoms with Gasteiger partial charge in [-0.05, 0) is 13.8 Å². The van der Waals surface area contributed by atoms with Crippen molar-refractivity contribution in [2.45, 2.75) is 40.3 Å². The lowest BCUT2D eigenvalue weighted by atomic mass is 10.2. The minimum atomic E-state index is -0.330. The van der Waals surface area contributed by atoms with Crippen molar-refractivity contribution in [2.75, 3.05) is 18.0 Å². The van der Waals surface area contributed by atoms with Crippen LogP contribution in [0.5, 0.6) is 0 Å². The Morgan fingerprint density at radius 1 is 1.53 bits per heavy atom. The van der Waals surface area contributed by atoms with E-state index in [-0.39, 0.29) is 12.5 Å². The molecule has 0 atom stereocenters. The van der Waals surface area contributed by atoms with Crippen LogP contribution < -0.4 is 16.0 Å². The topological polar surface area (TPSA) is 76.2 Å². The van der Waals surface area contributed by atoms with Gasteiger partial charge in [0.1, 0.15) is 5.82 Å². The molecule has 0 fully saturated rings. The van der Waals surface area contributed by atoms with Crippen molar-refractivity contribution in [3.8, 4) is 0 Å². The van der Waals surface area contributed by atoms with Crippen LogP contribution in [-0.4, -0.2) is 34.8 Å². The molecule has 1 aromatic rings. The fourth-order valence-corrected chi connectivity index (χ4v) is 2.12. The van der Waals surface area contributed by atoms with Gasteiger partial charge < -0.3 is 16.0 Å². The molecule has 0 aliphatic rings. The molecule has 1 amide bonds. The highest BCUT2D eigenvalue weighted by atomic mass is 16.1. The molecule has 0 spiro atoms. The number of carbonyl (C=O) groups is 1. The number of nitrogens with one attached hydrogen (secondary N) is 1. The summed E-state index contributed by atoms with van der Waals surface area (Å²) < 4.78 is 1.82. The summed E-state index contributed by atoms with van der Waals surface area (Å²) >= 11 is 0. The molecule has 0 saturated heterocycles. The highest BCUT2D eigenvalue weighted by molar-refractivity contribution is 5.79. The van der Waals surface area contributed by atoms with Crippen LogP contribution in [0.1, 0.15) is 32.0 Å². The van der Waals surface area contributed by atoms with Crippen LogP contribution in [-0.2, 0) is 18.4 Å². The maximum absolute atomic E-state index is 11.2. The Hall–Kier alpha value is -1.56. The maximum atomic E-state index is 11.2. The Kier molecular flexibility index (Phi) is 5.35. The van der Waals surface area contributed by atoms with Gasteiger partial charge in [0, 0.05) is 31.7 Å². The third-order valence-corrected chi connectivity index (χ3v) is 3.03. The Bertz CT molecular complexity index is 438. The fraction of sp³-hybridized carbons (Fsp3) is 0.692. The van der Waals surface area contributed by atoms with Gasteiger partial charge in [-0.15, -0.1) is 0 Å². The van der Waals surface area contributed by atoms with Crippen LogP contribution in [0, 0.1) is 6.92 Å². The molecule has 0 aromatic carbocycles. The van der Waals surface area contributed by atoms with Crippen molar-refractivity contribution in [2.24, 2.45) is 12.8 Å². The summed E-state index contributed by atoms with van der Waals surface area (Å²) in [6, 6.07) is 0.402.